The van der Waals surface area contributed by atoms with Crippen LogP contribution in [-0.4, -0.2) is 21.6 Å². The average Bonchev–Trinajstić information content (AvgIpc) is 3.08. The van der Waals surface area contributed by atoms with Gasteiger partial charge in [0.1, 0.15) is 0 Å². The van der Waals surface area contributed by atoms with Crippen molar-refractivity contribution < 1.29 is 4.52 Å². The number of benzene rings is 1. The molecular formula is C14H17ClN4O. The van der Waals surface area contributed by atoms with E-state index in [9.17, 15) is 0 Å². The summed E-state index contributed by atoms with van der Waals surface area (Å²) in [6.07, 6.45) is 2.29. The maximum atomic E-state index is 6.08. The highest BCUT2D eigenvalue weighted by Crippen LogP contribution is 2.33. The number of rotatable bonds is 4. The van der Waals surface area contributed by atoms with Crippen molar-refractivity contribution in [2.45, 2.75) is 32.0 Å². The fourth-order valence-electron chi connectivity index (χ4n) is 2.73. The maximum absolute atomic E-state index is 6.08. The van der Waals surface area contributed by atoms with E-state index in [-0.39, 0.29) is 6.54 Å². The Balaban J connectivity index is 1.75. The Morgan fingerprint density at radius 2 is 2.35 bits per heavy atom. The molecule has 0 saturated carbocycles. The van der Waals surface area contributed by atoms with Gasteiger partial charge < -0.3 is 10.3 Å². The predicted octanol–water partition coefficient (Wildman–Crippen LogP) is 2.52. The Kier molecular flexibility index (Phi) is 4.00. The van der Waals surface area contributed by atoms with Gasteiger partial charge in [-0.1, -0.05) is 28.9 Å². The summed E-state index contributed by atoms with van der Waals surface area (Å²) in [6, 6.07) is 8.42. The highest BCUT2D eigenvalue weighted by molar-refractivity contribution is 6.30. The van der Waals surface area contributed by atoms with Gasteiger partial charge >= 0.3 is 0 Å². The van der Waals surface area contributed by atoms with Crippen LogP contribution < -0.4 is 5.73 Å². The molecule has 1 saturated heterocycles. The lowest BCUT2D eigenvalue weighted by Crippen LogP contribution is -2.23. The molecule has 1 aromatic heterocycles. The normalized spacial score (nSPS) is 19.6. The molecule has 1 aliphatic heterocycles. The van der Waals surface area contributed by atoms with Crippen molar-refractivity contribution in [2.24, 2.45) is 5.73 Å². The first-order valence-electron chi connectivity index (χ1n) is 6.77. The molecule has 0 aliphatic carbocycles. The van der Waals surface area contributed by atoms with Gasteiger partial charge in [0, 0.05) is 11.1 Å². The van der Waals surface area contributed by atoms with Crippen molar-refractivity contribution in [1.82, 2.24) is 15.0 Å². The summed E-state index contributed by atoms with van der Waals surface area (Å²) in [6.45, 7) is 2.00. The Morgan fingerprint density at radius 1 is 1.45 bits per heavy atom. The molecule has 3 rings (SSSR count). The van der Waals surface area contributed by atoms with E-state index in [4.69, 9.17) is 21.9 Å². The second-order valence-corrected chi connectivity index (χ2v) is 5.43. The van der Waals surface area contributed by atoms with E-state index in [1.165, 1.54) is 12.0 Å². The molecule has 20 heavy (non-hydrogen) atoms. The van der Waals surface area contributed by atoms with Crippen LogP contribution >= 0.6 is 11.6 Å². The fraction of sp³-hybridized carbons (Fsp3) is 0.429. The van der Waals surface area contributed by atoms with Gasteiger partial charge in [-0.25, -0.2) is 0 Å². The van der Waals surface area contributed by atoms with Gasteiger partial charge in [-0.15, -0.1) is 0 Å². The van der Waals surface area contributed by atoms with E-state index >= 15 is 0 Å². The summed E-state index contributed by atoms with van der Waals surface area (Å²) in [7, 11) is 0. The van der Waals surface area contributed by atoms with Crippen LogP contribution in [-0.2, 0) is 13.1 Å². The second kappa shape index (κ2) is 5.91. The first kappa shape index (κ1) is 13.5. The van der Waals surface area contributed by atoms with Crippen LogP contribution in [0.5, 0.6) is 0 Å². The SMILES string of the molecule is NCc1nc(CN2CCCC2c2cccc(Cl)c2)no1. The average molecular weight is 293 g/mol. The Labute approximate surface area is 122 Å². The van der Waals surface area contributed by atoms with Gasteiger partial charge in [-0.3, -0.25) is 4.90 Å². The van der Waals surface area contributed by atoms with Crippen LogP contribution in [0, 0.1) is 0 Å². The predicted molar refractivity (Wildman–Crippen MR) is 76.0 cm³/mol. The minimum Gasteiger partial charge on any atom is -0.338 e. The molecule has 1 aromatic carbocycles. The zero-order valence-electron chi connectivity index (χ0n) is 11.1. The maximum Gasteiger partial charge on any atom is 0.240 e. The molecule has 1 unspecified atom stereocenters. The highest BCUT2D eigenvalue weighted by Gasteiger charge is 2.27. The van der Waals surface area contributed by atoms with E-state index in [1.807, 2.05) is 18.2 Å². The number of nitrogens with zero attached hydrogens (tertiary/aromatic N) is 3. The standard InChI is InChI=1S/C14H17ClN4O/c15-11-4-1-3-10(7-11)12-5-2-6-19(12)9-13-17-14(8-16)20-18-13/h1,3-4,7,12H,2,5-6,8-9,16H2. The van der Waals surface area contributed by atoms with Crippen LogP contribution in [0.2, 0.25) is 5.02 Å². The van der Waals surface area contributed by atoms with E-state index in [2.05, 4.69) is 21.1 Å². The minimum atomic E-state index is 0.282. The Morgan fingerprint density at radius 3 is 3.10 bits per heavy atom. The molecule has 0 bridgehead atoms. The first-order chi connectivity index (χ1) is 9.76. The molecule has 0 amide bonds. The highest BCUT2D eigenvalue weighted by atomic mass is 35.5. The van der Waals surface area contributed by atoms with Gasteiger partial charge in [-0.05, 0) is 37.1 Å². The van der Waals surface area contributed by atoms with Crippen molar-refractivity contribution in [3.05, 3.63) is 46.6 Å². The summed E-state index contributed by atoms with van der Waals surface area (Å²) in [5, 5.41) is 4.74. The zero-order chi connectivity index (χ0) is 13.9. The molecule has 6 heteroatoms. The Hall–Kier alpha value is -1.43. The molecule has 2 heterocycles. The van der Waals surface area contributed by atoms with Crippen LogP contribution in [0.25, 0.3) is 0 Å². The molecule has 0 radical (unpaired) electrons. The number of hydrogen-bond donors (Lipinski definition) is 1. The molecule has 1 atom stereocenters. The van der Waals surface area contributed by atoms with Crippen LogP contribution in [0.3, 0.4) is 0 Å². The topological polar surface area (TPSA) is 68.2 Å². The monoisotopic (exact) mass is 292 g/mol. The summed E-state index contributed by atoms with van der Waals surface area (Å²) < 4.78 is 5.05. The molecule has 2 aromatic rings. The van der Waals surface area contributed by atoms with Crippen molar-refractivity contribution in [2.75, 3.05) is 6.54 Å². The summed E-state index contributed by atoms with van der Waals surface area (Å²) >= 11 is 6.08. The molecule has 106 valence electrons. The van der Waals surface area contributed by atoms with Gasteiger partial charge in [-0.2, -0.15) is 4.98 Å². The molecule has 2 N–H and O–H groups in total. The van der Waals surface area contributed by atoms with Gasteiger partial charge in [0.05, 0.1) is 13.1 Å². The molecule has 1 aliphatic rings. The van der Waals surface area contributed by atoms with Crippen molar-refractivity contribution in [1.29, 1.82) is 0 Å². The van der Waals surface area contributed by atoms with Crippen molar-refractivity contribution >= 4 is 11.6 Å². The minimum absolute atomic E-state index is 0.282. The first-order valence-corrected chi connectivity index (χ1v) is 7.15. The van der Waals surface area contributed by atoms with E-state index in [0.717, 1.165) is 18.0 Å². The van der Waals surface area contributed by atoms with Crippen LogP contribution in [0.1, 0.15) is 36.2 Å². The summed E-state index contributed by atoms with van der Waals surface area (Å²) in [5.74, 6) is 1.18. The lowest BCUT2D eigenvalue weighted by molar-refractivity contribution is 0.238. The third-order valence-electron chi connectivity index (χ3n) is 3.63. The van der Waals surface area contributed by atoms with E-state index < -0.39 is 0 Å². The number of halogens is 1. The lowest BCUT2D eigenvalue weighted by atomic mass is 10.0. The van der Waals surface area contributed by atoms with E-state index in [0.29, 0.717) is 24.3 Å². The number of hydrogen-bond acceptors (Lipinski definition) is 5. The zero-order valence-corrected chi connectivity index (χ0v) is 11.9. The number of nitrogens with two attached hydrogens (primary N) is 1. The van der Waals surface area contributed by atoms with Crippen molar-refractivity contribution in [3.8, 4) is 0 Å². The summed E-state index contributed by atoms with van der Waals surface area (Å²) in [5.41, 5.74) is 6.73. The van der Waals surface area contributed by atoms with Crippen LogP contribution in [0.15, 0.2) is 28.8 Å². The second-order valence-electron chi connectivity index (χ2n) is 4.99. The number of likely N-dealkylation sites (tertiary alicyclic amines) is 1. The number of aromatic nitrogens is 2. The van der Waals surface area contributed by atoms with E-state index in [1.54, 1.807) is 0 Å². The van der Waals surface area contributed by atoms with Crippen molar-refractivity contribution in [3.63, 3.8) is 0 Å². The largest absolute Gasteiger partial charge is 0.338 e. The van der Waals surface area contributed by atoms with Gasteiger partial charge in [0.15, 0.2) is 5.82 Å². The van der Waals surface area contributed by atoms with Gasteiger partial charge in [0.25, 0.3) is 0 Å². The lowest BCUT2D eigenvalue weighted by Gasteiger charge is -2.23. The summed E-state index contributed by atoms with van der Waals surface area (Å²) in [4.78, 5) is 6.63. The molecule has 5 nitrogen and oxygen atoms in total. The smallest absolute Gasteiger partial charge is 0.240 e. The Bertz CT molecular complexity index is 586. The fourth-order valence-corrected chi connectivity index (χ4v) is 2.92. The third kappa shape index (κ3) is 2.85. The third-order valence-corrected chi connectivity index (χ3v) is 3.86. The molecule has 1 fully saturated rings. The molecule has 0 spiro atoms. The quantitative estimate of drug-likeness (QED) is 0.938. The van der Waals surface area contributed by atoms with Crippen LogP contribution in [0.4, 0.5) is 0 Å². The van der Waals surface area contributed by atoms with Gasteiger partial charge in [0.2, 0.25) is 5.89 Å². The molecular weight excluding hydrogens is 276 g/mol.